The van der Waals surface area contributed by atoms with Crippen molar-refractivity contribution in [3.63, 3.8) is 0 Å². The van der Waals surface area contributed by atoms with Gasteiger partial charge in [0.05, 0.1) is 12.7 Å². The SMILES string of the molecule is CC(C)OCCNCCCC(C)(C)C(N)=NO. The Labute approximate surface area is 104 Å². The molecule has 5 nitrogen and oxygen atoms in total. The minimum atomic E-state index is -0.245. The van der Waals surface area contributed by atoms with Crippen molar-refractivity contribution in [2.24, 2.45) is 16.3 Å². The molecular weight excluding hydrogens is 218 g/mol. The first-order chi connectivity index (χ1) is 7.90. The van der Waals surface area contributed by atoms with Gasteiger partial charge in [-0.1, -0.05) is 19.0 Å². The number of rotatable bonds is 9. The van der Waals surface area contributed by atoms with E-state index in [1.165, 1.54) is 0 Å². The second-order valence-corrected chi connectivity index (χ2v) is 5.14. The molecule has 0 saturated heterocycles. The number of oxime groups is 1. The molecule has 0 amide bonds. The first-order valence-electron chi connectivity index (χ1n) is 6.20. The lowest BCUT2D eigenvalue weighted by atomic mass is 9.86. The topological polar surface area (TPSA) is 79.9 Å². The van der Waals surface area contributed by atoms with Crippen LogP contribution in [0, 0.1) is 5.41 Å². The maximum Gasteiger partial charge on any atom is 0.144 e. The molecule has 0 bridgehead atoms. The number of nitrogens with zero attached hydrogens (tertiary/aromatic N) is 1. The maximum atomic E-state index is 8.63. The highest BCUT2D eigenvalue weighted by atomic mass is 16.5. The molecule has 4 N–H and O–H groups in total. The van der Waals surface area contributed by atoms with E-state index < -0.39 is 0 Å². The Kier molecular flexibility index (Phi) is 7.91. The first-order valence-corrected chi connectivity index (χ1v) is 6.20. The fourth-order valence-corrected chi connectivity index (χ4v) is 1.41. The molecule has 102 valence electrons. The number of hydrogen-bond acceptors (Lipinski definition) is 4. The minimum Gasteiger partial charge on any atom is -0.409 e. The lowest BCUT2D eigenvalue weighted by molar-refractivity contribution is 0.0808. The van der Waals surface area contributed by atoms with E-state index in [1.54, 1.807) is 0 Å². The Morgan fingerprint density at radius 3 is 2.59 bits per heavy atom. The van der Waals surface area contributed by atoms with Gasteiger partial charge >= 0.3 is 0 Å². The highest BCUT2D eigenvalue weighted by Gasteiger charge is 2.22. The van der Waals surface area contributed by atoms with Gasteiger partial charge in [-0.05, 0) is 33.2 Å². The van der Waals surface area contributed by atoms with Crippen LogP contribution in [0.15, 0.2) is 5.16 Å². The number of nitrogens with one attached hydrogen (secondary N) is 1. The molecule has 0 saturated carbocycles. The quantitative estimate of drug-likeness (QED) is 0.189. The first kappa shape index (κ1) is 16.2. The summed E-state index contributed by atoms with van der Waals surface area (Å²) in [6.07, 6.45) is 2.17. The molecule has 17 heavy (non-hydrogen) atoms. The molecule has 0 aliphatic rings. The van der Waals surface area contributed by atoms with E-state index in [0.717, 1.165) is 32.5 Å². The van der Waals surface area contributed by atoms with Crippen molar-refractivity contribution in [2.45, 2.75) is 46.6 Å². The van der Waals surface area contributed by atoms with Crippen molar-refractivity contribution >= 4 is 5.84 Å². The third-order valence-corrected chi connectivity index (χ3v) is 2.69. The Bertz CT molecular complexity index is 228. The van der Waals surface area contributed by atoms with Crippen molar-refractivity contribution in [3.05, 3.63) is 0 Å². The second-order valence-electron chi connectivity index (χ2n) is 5.14. The zero-order valence-corrected chi connectivity index (χ0v) is 11.5. The summed E-state index contributed by atoms with van der Waals surface area (Å²) in [4.78, 5) is 0. The molecule has 0 spiro atoms. The number of ether oxygens (including phenoxy) is 1. The molecule has 0 radical (unpaired) electrons. The summed E-state index contributed by atoms with van der Waals surface area (Å²) in [6, 6.07) is 0. The molecule has 5 heteroatoms. The van der Waals surface area contributed by atoms with Gasteiger partial charge in [-0.25, -0.2) is 0 Å². The summed E-state index contributed by atoms with van der Waals surface area (Å²) in [5.74, 6) is 0.292. The Hall–Kier alpha value is -0.810. The van der Waals surface area contributed by atoms with Crippen LogP contribution in [0.1, 0.15) is 40.5 Å². The fraction of sp³-hybridized carbons (Fsp3) is 0.917. The molecule has 0 aliphatic carbocycles. The van der Waals surface area contributed by atoms with Crippen LogP contribution in [0.4, 0.5) is 0 Å². The second kappa shape index (κ2) is 8.31. The smallest absolute Gasteiger partial charge is 0.144 e. The summed E-state index contributed by atoms with van der Waals surface area (Å²) in [5.41, 5.74) is 5.36. The van der Waals surface area contributed by atoms with Crippen LogP contribution in [0.3, 0.4) is 0 Å². The van der Waals surface area contributed by atoms with E-state index in [4.69, 9.17) is 15.7 Å². The molecule has 0 aromatic heterocycles. The highest BCUT2D eigenvalue weighted by Crippen LogP contribution is 2.21. The minimum absolute atomic E-state index is 0.245. The Balaban J connectivity index is 3.52. The van der Waals surface area contributed by atoms with Crippen molar-refractivity contribution in [1.82, 2.24) is 5.32 Å². The van der Waals surface area contributed by atoms with Crippen LogP contribution in [0.2, 0.25) is 0 Å². The van der Waals surface area contributed by atoms with E-state index in [1.807, 2.05) is 27.7 Å². The van der Waals surface area contributed by atoms with Crippen LogP contribution >= 0.6 is 0 Å². The average Bonchev–Trinajstić information content (AvgIpc) is 2.26. The maximum absolute atomic E-state index is 8.63. The lowest BCUT2D eigenvalue weighted by Gasteiger charge is -2.22. The van der Waals surface area contributed by atoms with Gasteiger partial charge in [0.2, 0.25) is 0 Å². The summed E-state index contributed by atoms with van der Waals surface area (Å²) >= 11 is 0. The normalized spacial score (nSPS) is 13.4. The van der Waals surface area contributed by atoms with Crippen LogP contribution < -0.4 is 11.1 Å². The third-order valence-electron chi connectivity index (χ3n) is 2.69. The van der Waals surface area contributed by atoms with Crippen LogP contribution in [0.5, 0.6) is 0 Å². The van der Waals surface area contributed by atoms with Gasteiger partial charge in [0.1, 0.15) is 5.84 Å². The molecule has 0 aromatic carbocycles. The lowest BCUT2D eigenvalue weighted by Crippen LogP contribution is -2.33. The van der Waals surface area contributed by atoms with E-state index in [2.05, 4.69) is 10.5 Å². The monoisotopic (exact) mass is 245 g/mol. The standard InChI is InChI=1S/C12H27N3O2/c1-10(2)17-9-8-14-7-5-6-12(3,4)11(13)15-16/h10,14,16H,5-9H2,1-4H3,(H2,13,15). The van der Waals surface area contributed by atoms with E-state index in [0.29, 0.717) is 5.84 Å². The van der Waals surface area contributed by atoms with E-state index >= 15 is 0 Å². The number of amidine groups is 1. The van der Waals surface area contributed by atoms with Crippen LogP contribution in [0.25, 0.3) is 0 Å². The molecule has 0 aromatic rings. The zero-order valence-electron chi connectivity index (χ0n) is 11.5. The number of nitrogens with two attached hydrogens (primary N) is 1. The molecule has 0 aliphatic heterocycles. The van der Waals surface area contributed by atoms with Crippen molar-refractivity contribution in [3.8, 4) is 0 Å². The predicted octanol–water partition coefficient (Wildman–Crippen LogP) is 1.55. The van der Waals surface area contributed by atoms with Gasteiger partial charge in [0, 0.05) is 12.0 Å². The van der Waals surface area contributed by atoms with Gasteiger partial charge in [-0.2, -0.15) is 0 Å². The predicted molar refractivity (Wildman–Crippen MR) is 70.4 cm³/mol. The molecular formula is C12H27N3O2. The Morgan fingerprint density at radius 2 is 2.06 bits per heavy atom. The fourth-order valence-electron chi connectivity index (χ4n) is 1.41. The largest absolute Gasteiger partial charge is 0.409 e. The molecule has 0 fully saturated rings. The summed E-state index contributed by atoms with van der Waals surface area (Å²) < 4.78 is 5.41. The van der Waals surface area contributed by atoms with Crippen molar-refractivity contribution in [1.29, 1.82) is 0 Å². The van der Waals surface area contributed by atoms with E-state index in [9.17, 15) is 0 Å². The molecule has 0 rings (SSSR count). The van der Waals surface area contributed by atoms with Crippen molar-refractivity contribution < 1.29 is 9.94 Å². The summed E-state index contributed by atoms with van der Waals surface area (Å²) in [5, 5.41) is 15.0. The Morgan fingerprint density at radius 1 is 1.41 bits per heavy atom. The van der Waals surface area contributed by atoms with Crippen LogP contribution in [-0.4, -0.2) is 36.8 Å². The zero-order chi connectivity index (χ0) is 13.3. The summed E-state index contributed by atoms with van der Waals surface area (Å²) in [7, 11) is 0. The highest BCUT2D eigenvalue weighted by molar-refractivity contribution is 5.85. The molecule has 0 unspecified atom stereocenters. The molecule has 0 atom stereocenters. The van der Waals surface area contributed by atoms with Gasteiger partial charge in [0.15, 0.2) is 0 Å². The van der Waals surface area contributed by atoms with Crippen LogP contribution in [-0.2, 0) is 4.74 Å². The molecule has 0 heterocycles. The third kappa shape index (κ3) is 7.99. The van der Waals surface area contributed by atoms with Gasteiger partial charge < -0.3 is 21.0 Å². The van der Waals surface area contributed by atoms with Gasteiger partial charge in [-0.3, -0.25) is 0 Å². The van der Waals surface area contributed by atoms with Crippen molar-refractivity contribution in [2.75, 3.05) is 19.7 Å². The number of hydrogen-bond donors (Lipinski definition) is 3. The van der Waals surface area contributed by atoms with Gasteiger partial charge in [-0.15, -0.1) is 0 Å². The average molecular weight is 245 g/mol. The van der Waals surface area contributed by atoms with E-state index in [-0.39, 0.29) is 11.5 Å². The van der Waals surface area contributed by atoms with Gasteiger partial charge in [0.25, 0.3) is 0 Å². The summed E-state index contributed by atoms with van der Waals surface area (Å²) in [6.45, 7) is 10.5.